The Morgan fingerprint density at radius 2 is 2.12 bits per heavy atom. The number of amides is 1. The average molecular weight is 385 g/mol. The number of hydrogen-bond acceptors (Lipinski definition) is 3. The maximum atomic E-state index is 12.6. The van der Waals surface area contributed by atoms with Crippen molar-refractivity contribution in [3.63, 3.8) is 0 Å². The fraction of sp³-hybridized carbons (Fsp3) is 0.222. The molecule has 4 rings (SSSR count). The number of nitrogens with one attached hydrogen (secondary N) is 3. The second-order valence-corrected chi connectivity index (χ2v) is 6.83. The van der Waals surface area contributed by atoms with E-state index in [1.807, 2.05) is 12.1 Å². The Morgan fingerprint density at radius 1 is 1.21 bits per heavy atom. The molecule has 0 fully saturated rings. The van der Waals surface area contributed by atoms with E-state index in [0.29, 0.717) is 5.56 Å². The number of fused-ring (bicyclic) bond motifs is 2. The maximum absolute atomic E-state index is 12.6. The quantitative estimate of drug-likeness (QED) is 0.631. The van der Waals surface area contributed by atoms with Gasteiger partial charge < -0.3 is 15.6 Å². The Labute approximate surface area is 148 Å². The first-order valence-corrected chi connectivity index (χ1v) is 8.76. The lowest BCUT2D eigenvalue weighted by atomic mass is 10.0. The summed E-state index contributed by atoms with van der Waals surface area (Å²) in [6, 6.07) is 9.77. The van der Waals surface area contributed by atoms with E-state index in [9.17, 15) is 4.79 Å². The summed E-state index contributed by atoms with van der Waals surface area (Å²) in [5.41, 5.74) is 5.69. The van der Waals surface area contributed by atoms with E-state index in [-0.39, 0.29) is 5.91 Å². The molecule has 2 heterocycles. The van der Waals surface area contributed by atoms with E-state index in [0.717, 1.165) is 47.1 Å². The Balaban J connectivity index is 1.60. The van der Waals surface area contributed by atoms with Crippen LogP contribution in [-0.4, -0.2) is 22.4 Å². The standard InChI is InChI=1S/C18H17BrN4O/c19-15-7-12(8-16-17(15)22-10-21-16)18(24)23-14-4-3-11-2-1-5-20-9-13(11)6-14/h3-4,6-8,10,20H,1-2,5,9H2,(H,21,22)(H,23,24). The predicted octanol–water partition coefficient (Wildman–Crippen LogP) is 3.61. The Hall–Kier alpha value is -2.18. The second kappa shape index (κ2) is 6.37. The van der Waals surface area contributed by atoms with Gasteiger partial charge in [0.15, 0.2) is 0 Å². The van der Waals surface area contributed by atoms with E-state index < -0.39 is 0 Å². The van der Waals surface area contributed by atoms with E-state index in [1.54, 1.807) is 12.4 Å². The third-order valence-corrected chi connectivity index (χ3v) is 4.92. The molecule has 1 amide bonds. The van der Waals surface area contributed by atoms with Gasteiger partial charge in [-0.05, 0) is 70.7 Å². The SMILES string of the molecule is O=C(Nc1ccc2c(c1)CNCCC2)c1cc(Br)c2nc[nH]c2c1. The minimum absolute atomic E-state index is 0.131. The molecule has 1 aliphatic rings. The first-order valence-electron chi connectivity index (χ1n) is 7.97. The fourth-order valence-corrected chi connectivity index (χ4v) is 3.64. The highest BCUT2D eigenvalue weighted by Gasteiger charge is 2.13. The Kier molecular flexibility index (Phi) is 4.08. The van der Waals surface area contributed by atoms with E-state index >= 15 is 0 Å². The number of rotatable bonds is 2. The molecule has 6 heteroatoms. The molecule has 0 saturated heterocycles. The van der Waals surface area contributed by atoms with Gasteiger partial charge in [0.25, 0.3) is 5.91 Å². The van der Waals surface area contributed by atoms with Crippen LogP contribution in [-0.2, 0) is 13.0 Å². The number of imidazole rings is 1. The topological polar surface area (TPSA) is 69.8 Å². The zero-order valence-corrected chi connectivity index (χ0v) is 14.6. The molecule has 0 unspecified atom stereocenters. The largest absolute Gasteiger partial charge is 0.345 e. The third kappa shape index (κ3) is 2.95. The molecule has 122 valence electrons. The summed E-state index contributed by atoms with van der Waals surface area (Å²) in [4.78, 5) is 19.8. The number of aryl methyl sites for hydroxylation is 1. The average Bonchev–Trinajstić information content (AvgIpc) is 2.93. The monoisotopic (exact) mass is 384 g/mol. The van der Waals surface area contributed by atoms with Crippen LogP contribution >= 0.6 is 15.9 Å². The fourth-order valence-electron chi connectivity index (χ4n) is 3.08. The van der Waals surface area contributed by atoms with Crippen LogP contribution in [0.4, 0.5) is 5.69 Å². The van der Waals surface area contributed by atoms with Gasteiger partial charge in [-0.3, -0.25) is 4.79 Å². The van der Waals surface area contributed by atoms with Gasteiger partial charge in [0.2, 0.25) is 0 Å². The van der Waals surface area contributed by atoms with Crippen molar-refractivity contribution >= 4 is 38.6 Å². The van der Waals surface area contributed by atoms with Crippen LogP contribution < -0.4 is 10.6 Å². The van der Waals surface area contributed by atoms with Crippen molar-refractivity contribution in [1.82, 2.24) is 15.3 Å². The number of carbonyl (C=O) groups excluding carboxylic acids is 1. The highest BCUT2D eigenvalue weighted by Crippen LogP contribution is 2.24. The smallest absolute Gasteiger partial charge is 0.255 e. The van der Waals surface area contributed by atoms with E-state index in [1.165, 1.54) is 11.1 Å². The molecule has 3 aromatic rings. The lowest BCUT2D eigenvalue weighted by Gasteiger charge is -2.10. The normalized spacial score (nSPS) is 14.2. The number of benzene rings is 2. The zero-order chi connectivity index (χ0) is 16.5. The molecule has 0 atom stereocenters. The zero-order valence-electron chi connectivity index (χ0n) is 13.0. The first-order chi connectivity index (χ1) is 11.7. The molecule has 1 aliphatic heterocycles. The summed E-state index contributed by atoms with van der Waals surface area (Å²) in [5.74, 6) is -0.131. The highest BCUT2D eigenvalue weighted by atomic mass is 79.9. The van der Waals surface area contributed by atoms with Crippen molar-refractivity contribution in [3.05, 3.63) is 57.8 Å². The van der Waals surface area contributed by atoms with E-state index in [4.69, 9.17) is 0 Å². The van der Waals surface area contributed by atoms with Gasteiger partial charge >= 0.3 is 0 Å². The molecule has 0 bridgehead atoms. The number of aromatic nitrogens is 2. The molecule has 0 spiro atoms. The lowest BCUT2D eigenvalue weighted by molar-refractivity contribution is 0.102. The van der Waals surface area contributed by atoms with Crippen LogP contribution in [0.1, 0.15) is 27.9 Å². The number of halogens is 1. The molecule has 5 nitrogen and oxygen atoms in total. The maximum Gasteiger partial charge on any atom is 0.255 e. The number of aromatic amines is 1. The van der Waals surface area contributed by atoms with Crippen molar-refractivity contribution in [2.24, 2.45) is 0 Å². The van der Waals surface area contributed by atoms with Crippen LogP contribution in [0.25, 0.3) is 11.0 Å². The van der Waals surface area contributed by atoms with Gasteiger partial charge in [-0.1, -0.05) is 6.07 Å². The molecule has 0 aliphatic carbocycles. The van der Waals surface area contributed by atoms with Crippen molar-refractivity contribution < 1.29 is 4.79 Å². The van der Waals surface area contributed by atoms with Crippen molar-refractivity contribution in [2.75, 3.05) is 11.9 Å². The second-order valence-electron chi connectivity index (χ2n) is 5.97. The molecule has 3 N–H and O–H groups in total. The predicted molar refractivity (Wildman–Crippen MR) is 98.2 cm³/mol. The van der Waals surface area contributed by atoms with E-state index in [2.05, 4.69) is 48.7 Å². The van der Waals surface area contributed by atoms with Gasteiger partial charge in [-0.2, -0.15) is 0 Å². The summed E-state index contributed by atoms with van der Waals surface area (Å²) in [6.07, 6.45) is 3.85. The number of H-pyrrole nitrogens is 1. The van der Waals surface area contributed by atoms with Crippen molar-refractivity contribution in [1.29, 1.82) is 0 Å². The van der Waals surface area contributed by atoms with Gasteiger partial charge in [-0.15, -0.1) is 0 Å². The van der Waals surface area contributed by atoms with Crippen molar-refractivity contribution in [3.8, 4) is 0 Å². The molecule has 0 saturated carbocycles. The minimum Gasteiger partial charge on any atom is -0.345 e. The van der Waals surface area contributed by atoms with Crippen LogP contribution in [0.2, 0.25) is 0 Å². The van der Waals surface area contributed by atoms with Gasteiger partial charge in [0.1, 0.15) is 5.52 Å². The summed E-state index contributed by atoms with van der Waals surface area (Å²) >= 11 is 3.47. The minimum atomic E-state index is -0.131. The van der Waals surface area contributed by atoms with Gasteiger partial charge in [-0.25, -0.2) is 4.98 Å². The summed E-state index contributed by atoms with van der Waals surface area (Å²) in [6.45, 7) is 1.89. The lowest BCUT2D eigenvalue weighted by Crippen LogP contribution is -2.14. The summed E-state index contributed by atoms with van der Waals surface area (Å²) in [5, 5.41) is 6.40. The van der Waals surface area contributed by atoms with Gasteiger partial charge in [0.05, 0.1) is 11.8 Å². The third-order valence-electron chi connectivity index (χ3n) is 4.32. The molecular formula is C18H17BrN4O. The number of hydrogen-bond donors (Lipinski definition) is 3. The number of nitrogens with zero attached hydrogens (tertiary/aromatic N) is 1. The Bertz CT molecular complexity index is 919. The van der Waals surface area contributed by atoms with Crippen LogP contribution in [0.3, 0.4) is 0 Å². The molecule has 24 heavy (non-hydrogen) atoms. The number of anilines is 1. The molecule has 1 aromatic heterocycles. The molecule has 0 radical (unpaired) electrons. The highest BCUT2D eigenvalue weighted by molar-refractivity contribution is 9.10. The number of carbonyl (C=O) groups is 1. The van der Waals surface area contributed by atoms with Crippen LogP contribution in [0, 0.1) is 0 Å². The van der Waals surface area contributed by atoms with Crippen LogP contribution in [0.15, 0.2) is 41.1 Å². The molecule has 2 aromatic carbocycles. The van der Waals surface area contributed by atoms with Gasteiger partial charge in [0, 0.05) is 22.3 Å². The summed E-state index contributed by atoms with van der Waals surface area (Å²) in [7, 11) is 0. The summed E-state index contributed by atoms with van der Waals surface area (Å²) < 4.78 is 0.803. The first kappa shape index (κ1) is 15.4. The van der Waals surface area contributed by atoms with Crippen LogP contribution in [0.5, 0.6) is 0 Å². The molecular weight excluding hydrogens is 368 g/mol. The Morgan fingerprint density at radius 3 is 3.04 bits per heavy atom. The van der Waals surface area contributed by atoms with Crippen molar-refractivity contribution in [2.45, 2.75) is 19.4 Å².